The van der Waals surface area contributed by atoms with Crippen LogP contribution >= 0.6 is 11.6 Å². The number of anilines is 2. The molecule has 0 aliphatic carbocycles. The van der Waals surface area contributed by atoms with Gasteiger partial charge >= 0.3 is 5.97 Å². The Kier molecular flexibility index (Phi) is 9.24. The van der Waals surface area contributed by atoms with Crippen LogP contribution in [-0.4, -0.2) is 43.8 Å². The van der Waals surface area contributed by atoms with Gasteiger partial charge in [-0.3, -0.25) is 14.4 Å². The van der Waals surface area contributed by atoms with E-state index in [1.54, 1.807) is 43.7 Å². The van der Waals surface area contributed by atoms with Crippen molar-refractivity contribution in [2.75, 3.05) is 11.9 Å². The molecule has 3 heterocycles. The van der Waals surface area contributed by atoms with Crippen LogP contribution in [0.5, 0.6) is 0 Å². The minimum Gasteiger partial charge on any atom is -0.460 e. The molecule has 0 bridgehead atoms. The van der Waals surface area contributed by atoms with Crippen molar-refractivity contribution in [3.05, 3.63) is 69.8 Å². The van der Waals surface area contributed by atoms with Crippen molar-refractivity contribution in [1.29, 1.82) is 0 Å². The van der Waals surface area contributed by atoms with E-state index < -0.39 is 34.4 Å². The van der Waals surface area contributed by atoms with Gasteiger partial charge in [-0.15, -0.1) is 0 Å². The fourth-order valence-corrected chi connectivity index (χ4v) is 5.87. The van der Waals surface area contributed by atoms with Gasteiger partial charge < -0.3 is 10.1 Å². The Balaban J connectivity index is 1.64. The van der Waals surface area contributed by atoms with E-state index >= 15 is 4.39 Å². The van der Waals surface area contributed by atoms with Crippen molar-refractivity contribution in [3.63, 3.8) is 0 Å². The van der Waals surface area contributed by atoms with Crippen molar-refractivity contribution in [3.8, 4) is 0 Å². The SMILES string of the molecule is Cc1cc(Nc2nc(CC3(C(=O)OC(C)(C)C)CCN(Cc4cccc(Cl)c4F)C(C)C3)c(F)cc2F)nn1C(C)(C)C. The number of rotatable bonds is 7. The predicted molar refractivity (Wildman–Crippen MR) is 162 cm³/mol. The minimum atomic E-state index is -1.14. The number of pyridine rings is 1. The van der Waals surface area contributed by atoms with Crippen LogP contribution in [0.1, 0.15) is 78.3 Å². The van der Waals surface area contributed by atoms with Gasteiger partial charge in [-0.1, -0.05) is 23.7 Å². The van der Waals surface area contributed by atoms with Gasteiger partial charge in [0.25, 0.3) is 0 Å². The van der Waals surface area contributed by atoms with E-state index in [2.05, 4.69) is 20.3 Å². The van der Waals surface area contributed by atoms with Crippen LogP contribution < -0.4 is 5.32 Å². The van der Waals surface area contributed by atoms with E-state index in [9.17, 15) is 13.6 Å². The van der Waals surface area contributed by atoms with Gasteiger partial charge in [0.05, 0.1) is 21.7 Å². The van der Waals surface area contributed by atoms with Crippen molar-refractivity contribution >= 4 is 29.2 Å². The average molecular weight is 620 g/mol. The number of aromatic nitrogens is 3. The Morgan fingerprint density at radius 3 is 2.44 bits per heavy atom. The van der Waals surface area contributed by atoms with E-state index in [0.717, 1.165) is 11.8 Å². The molecular formula is C32H41ClF3N5O2. The number of carbonyl (C=O) groups is 1. The molecular weight excluding hydrogens is 579 g/mol. The summed E-state index contributed by atoms with van der Waals surface area (Å²) < 4.78 is 52.6. The summed E-state index contributed by atoms with van der Waals surface area (Å²) in [5.74, 6) is -2.48. The van der Waals surface area contributed by atoms with Crippen LogP contribution in [0.25, 0.3) is 0 Å². The highest BCUT2D eigenvalue weighted by molar-refractivity contribution is 6.30. The Morgan fingerprint density at radius 1 is 1.14 bits per heavy atom. The maximum atomic E-state index is 15.3. The van der Waals surface area contributed by atoms with Gasteiger partial charge in [-0.05, 0) is 80.8 Å². The molecule has 1 fully saturated rings. The standard InChI is InChI=1S/C32H41ClF3N5O2/c1-19-14-26(39-41(19)30(3,4)5)38-28-24(35)15-23(34)25(37-28)17-32(29(42)43-31(6,7)8)12-13-40(20(2)16-32)18-21-10-9-11-22(33)27(21)36/h9-11,14-15,20H,12-13,16-18H2,1-8H3,(H,37,38,39). The molecule has 1 aromatic carbocycles. The van der Waals surface area contributed by atoms with Crippen LogP contribution in [0.15, 0.2) is 30.3 Å². The van der Waals surface area contributed by atoms with Crippen molar-refractivity contribution < 1.29 is 22.7 Å². The number of benzene rings is 1. The van der Waals surface area contributed by atoms with E-state index in [4.69, 9.17) is 16.3 Å². The second-order valence-corrected chi connectivity index (χ2v) is 14.0. The molecule has 2 aromatic heterocycles. The summed E-state index contributed by atoms with van der Waals surface area (Å²) in [6.45, 7) is 15.9. The molecule has 2 unspecified atom stereocenters. The first-order chi connectivity index (χ1) is 19.9. The monoisotopic (exact) mass is 619 g/mol. The summed E-state index contributed by atoms with van der Waals surface area (Å²) in [6.07, 6.45) is 0.521. The fraction of sp³-hybridized carbons (Fsp3) is 0.531. The Bertz CT molecular complexity index is 1500. The Hall–Kier alpha value is -3.11. The molecule has 234 valence electrons. The van der Waals surface area contributed by atoms with Crippen LogP contribution in [0.3, 0.4) is 0 Å². The lowest BCUT2D eigenvalue weighted by Crippen LogP contribution is -2.51. The number of aryl methyl sites for hydroxylation is 1. The summed E-state index contributed by atoms with van der Waals surface area (Å²) in [7, 11) is 0. The number of hydrogen-bond donors (Lipinski definition) is 1. The average Bonchev–Trinajstić information content (AvgIpc) is 3.26. The molecule has 0 radical (unpaired) electrons. The van der Waals surface area contributed by atoms with Crippen molar-refractivity contribution in [1.82, 2.24) is 19.7 Å². The molecule has 1 aliphatic rings. The van der Waals surface area contributed by atoms with Gasteiger partial charge in [0.15, 0.2) is 17.5 Å². The van der Waals surface area contributed by atoms with E-state index in [1.807, 2.05) is 34.6 Å². The molecule has 43 heavy (non-hydrogen) atoms. The normalized spacial score (nSPS) is 19.9. The number of hydrogen-bond acceptors (Lipinski definition) is 6. The first kappa shape index (κ1) is 32.8. The van der Waals surface area contributed by atoms with Crippen LogP contribution in [-0.2, 0) is 28.0 Å². The number of halogens is 4. The third-order valence-corrected chi connectivity index (χ3v) is 7.99. The van der Waals surface area contributed by atoms with Crippen LogP contribution in [0, 0.1) is 29.8 Å². The number of nitrogens with one attached hydrogen (secondary N) is 1. The van der Waals surface area contributed by atoms with E-state index in [-0.39, 0.29) is 34.5 Å². The van der Waals surface area contributed by atoms with Crippen LogP contribution in [0.4, 0.5) is 24.8 Å². The Labute approximate surface area is 256 Å². The zero-order chi connectivity index (χ0) is 31.9. The third kappa shape index (κ3) is 7.52. The number of piperidine rings is 1. The number of ether oxygens (including phenoxy) is 1. The molecule has 11 heteroatoms. The molecule has 0 spiro atoms. The van der Waals surface area contributed by atoms with Gasteiger partial charge in [-0.2, -0.15) is 5.10 Å². The predicted octanol–water partition coefficient (Wildman–Crippen LogP) is 7.71. The minimum absolute atomic E-state index is 0.0490. The lowest BCUT2D eigenvalue weighted by Gasteiger charge is -2.45. The summed E-state index contributed by atoms with van der Waals surface area (Å²) in [5.41, 5.74) is -0.949. The number of nitrogens with zero attached hydrogens (tertiary/aromatic N) is 4. The van der Waals surface area contributed by atoms with Gasteiger partial charge in [0.2, 0.25) is 0 Å². The highest BCUT2D eigenvalue weighted by atomic mass is 35.5. The quantitative estimate of drug-likeness (QED) is 0.273. The number of likely N-dealkylation sites (tertiary alicyclic amines) is 1. The van der Waals surface area contributed by atoms with E-state index in [1.165, 1.54) is 6.07 Å². The number of carbonyl (C=O) groups excluding carboxylic acids is 1. The second-order valence-electron chi connectivity index (χ2n) is 13.6. The molecule has 0 amide bonds. The van der Waals surface area contributed by atoms with Crippen molar-refractivity contribution in [2.24, 2.45) is 5.41 Å². The Morgan fingerprint density at radius 2 is 1.84 bits per heavy atom. The summed E-state index contributed by atoms with van der Waals surface area (Å²) in [6, 6.07) is 7.23. The van der Waals surface area contributed by atoms with Gasteiger partial charge in [0, 0.05) is 42.4 Å². The lowest BCUT2D eigenvalue weighted by atomic mass is 9.72. The highest BCUT2D eigenvalue weighted by Gasteiger charge is 2.47. The molecule has 3 aromatic rings. The topological polar surface area (TPSA) is 72.3 Å². The third-order valence-electron chi connectivity index (χ3n) is 7.70. The summed E-state index contributed by atoms with van der Waals surface area (Å²) in [5, 5.41) is 7.46. The smallest absolute Gasteiger partial charge is 0.313 e. The molecule has 0 saturated carbocycles. The van der Waals surface area contributed by atoms with Gasteiger partial charge in [-0.25, -0.2) is 18.2 Å². The summed E-state index contributed by atoms with van der Waals surface area (Å²) in [4.78, 5) is 20.2. The molecule has 1 N–H and O–H groups in total. The highest BCUT2D eigenvalue weighted by Crippen LogP contribution is 2.41. The second kappa shape index (κ2) is 12.1. The molecule has 2 atom stereocenters. The fourth-order valence-electron chi connectivity index (χ4n) is 5.68. The first-order valence-electron chi connectivity index (χ1n) is 14.5. The first-order valence-corrected chi connectivity index (χ1v) is 14.9. The summed E-state index contributed by atoms with van der Waals surface area (Å²) >= 11 is 5.99. The molecule has 1 saturated heterocycles. The molecule has 4 rings (SSSR count). The van der Waals surface area contributed by atoms with Crippen molar-refractivity contribution in [2.45, 2.75) is 98.4 Å². The largest absolute Gasteiger partial charge is 0.460 e. The van der Waals surface area contributed by atoms with Crippen LogP contribution in [0.2, 0.25) is 5.02 Å². The van der Waals surface area contributed by atoms with E-state index in [0.29, 0.717) is 37.3 Å². The zero-order valence-corrected chi connectivity index (χ0v) is 26.9. The molecule has 1 aliphatic heterocycles. The maximum absolute atomic E-state index is 15.3. The molecule has 7 nitrogen and oxygen atoms in total. The lowest BCUT2D eigenvalue weighted by molar-refractivity contribution is -0.172. The zero-order valence-electron chi connectivity index (χ0n) is 26.1. The maximum Gasteiger partial charge on any atom is 0.313 e. The number of esters is 1. The van der Waals surface area contributed by atoms with Gasteiger partial charge in [0.1, 0.15) is 17.2 Å².